The molecule has 1 aliphatic carbocycles. The largest absolute Gasteiger partial charge is 0.347 e. The van der Waals surface area contributed by atoms with Crippen molar-refractivity contribution >= 4 is 11.8 Å². The van der Waals surface area contributed by atoms with E-state index in [2.05, 4.69) is 22.3 Å². The Hall–Kier alpha value is -0.630. The van der Waals surface area contributed by atoms with E-state index in [0.717, 1.165) is 31.0 Å². The highest BCUT2D eigenvalue weighted by Crippen LogP contribution is 2.42. The van der Waals surface area contributed by atoms with Gasteiger partial charge in [-0.3, -0.25) is 0 Å². The van der Waals surface area contributed by atoms with Crippen LogP contribution in [0.1, 0.15) is 26.2 Å². The first-order chi connectivity index (χ1) is 9.72. The topological polar surface area (TPSA) is 61.2 Å². The van der Waals surface area contributed by atoms with Crippen LogP contribution in [-0.2, 0) is 16.5 Å². The highest BCUT2D eigenvalue weighted by Gasteiger charge is 2.45. The summed E-state index contributed by atoms with van der Waals surface area (Å²) < 4.78 is 13.6. The number of aromatic nitrogens is 3. The number of ether oxygens (including phenoxy) is 2. The second-order valence-electron chi connectivity index (χ2n) is 5.34. The van der Waals surface area contributed by atoms with Gasteiger partial charge in [0.2, 0.25) is 0 Å². The predicted octanol–water partition coefficient (Wildman–Crippen LogP) is 1.18. The zero-order valence-corrected chi connectivity index (χ0v) is 12.9. The second kappa shape index (κ2) is 6.01. The molecule has 0 aromatic carbocycles. The summed E-state index contributed by atoms with van der Waals surface area (Å²) in [6.07, 6.45) is 4.55. The molecule has 0 radical (unpaired) electrons. The summed E-state index contributed by atoms with van der Waals surface area (Å²) in [5.74, 6) is -0.359. The van der Waals surface area contributed by atoms with Crippen LogP contribution in [0.15, 0.2) is 11.5 Å². The highest BCUT2D eigenvalue weighted by molar-refractivity contribution is 7.99. The van der Waals surface area contributed by atoms with E-state index in [1.54, 1.807) is 18.1 Å². The zero-order valence-electron chi connectivity index (χ0n) is 12.0. The van der Waals surface area contributed by atoms with E-state index >= 15 is 0 Å². The average molecular weight is 298 g/mol. The molecule has 2 unspecified atom stereocenters. The molecule has 7 heteroatoms. The summed E-state index contributed by atoms with van der Waals surface area (Å²) in [6, 6.07) is 0.472. The van der Waals surface area contributed by atoms with Crippen molar-refractivity contribution in [2.24, 2.45) is 7.05 Å². The van der Waals surface area contributed by atoms with E-state index < -0.39 is 0 Å². The van der Waals surface area contributed by atoms with Crippen LogP contribution < -0.4 is 5.32 Å². The normalized spacial score (nSPS) is 29.1. The lowest BCUT2D eigenvalue weighted by molar-refractivity contribution is -0.178. The quantitative estimate of drug-likeness (QED) is 0.901. The average Bonchev–Trinajstić information content (AvgIpc) is 3.04. The number of hydrogen-bond donors (Lipinski definition) is 1. The lowest BCUT2D eigenvalue weighted by Gasteiger charge is -2.40. The van der Waals surface area contributed by atoms with Crippen molar-refractivity contribution in [2.45, 2.75) is 48.4 Å². The molecule has 2 heterocycles. The molecule has 6 nitrogen and oxygen atoms in total. The first-order valence-corrected chi connectivity index (χ1v) is 8.12. The van der Waals surface area contributed by atoms with Gasteiger partial charge in [-0.1, -0.05) is 18.7 Å². The van der Waals surface area contributed by atoms with Crippen molar-refractivity contribution in [1.82, 2.24) is 20.1 Å². The molecule has 1 aromatic heterocycles. The molecule has 1 spiro atoms. The summed E-state index contributed by atoms with van der Waals surface area (Å²) in [7, 11) is 1.93. The van der Waals surface area contributed by atoms with Crippen LogP contribution in [0, 0.1) is 0 Å². The van der Waals surface area contributed by atoms with E-state index in [-0.39, 0.29) is 5.79 Å². The van der Waals surface area contributed by atoms with Crippen LogP contribution in [0.2, 0.25) is 0 Å². The number of nitrogens with zero attached hydrogens (tertiary/aromatic N) is 3. The van der Waals surface area contributed by atoms with Crippen LogP contribution in [-0.4, -0.2) is 51.6 Å². The molecule has 112 valence electrons. The van der Waals surface area contributed by atoms with Crippen molar-refractivity contribution in [2.75, 3.05) is 19.8 Å². The van der Waals surface area contributed by atoms with Gasteiger partial charge in [0, 0.05) is 31.2 Å². The highest BCUT2D eigenvalue weighted by atomic mass is 32.2. The minimum absolute atomic E-state index is 0.359. The third kappa shape index (κ3) is 2.86. The molecule has 2 aliphatic rings. The minimum Gasteiger partial charge on any atom is -0.347 e. The number of rotatable bonds is 4. The smallest absolute Gasteiger partial charge is 0.186 e. The van der Waals surface area contributed by atoms with E-state index in [1.165, 1.54) is 0 Å². The van der Waals surface area contributed by atoms with Gasteiger partial charge in [-0.15, -0.1) is 0 Å². The molecule has 2 fully saturated rings. The van der Waals surface area contributed by atoms with E-state index in [1.807, 2.05) is 11.7 Å². The summed E-state index contributed by atoms with van der Waals surface area (Å²) in [5.41, 5.74) is 0. The van der Waals surface area contributed by atoms with Crippen LogP contribution in [0.5, 0.6) is 0 Å². The lowest BCUT2D eigenvalue weighted by atomic mass is 9.89. The van der Waals surface area contributed by atoms with Gasteiger partial charge in [0.1, 0.15) is 6.33 Å². The first-order valence-electron chi connectivity index (χ1n) is 7.24. The Balaban J connectivity index is 1.73. The SMILES string of the molecule is CCNC1CCC2(CC1Sc1ncnn1C)OCCO2. The zero-order chi connectivity index (χ0) is 14.0. The third-order valence-corrected chi connectivity index (χ3v) is 5.38. The maximum atomic E-state index is 5.88. The molecular formula is C13H22N4O2S. The molecule has 20 heavy (non-hydrogen) atoms. The molecule has 1 aromatic rings. The van der Waals surface area contributed by atoms with E-state index in [9.17, 15) is 0 Å². The fourth-order valence-corrected chi connectivity index (χ4v) is 4.33. The maximum Gasteiger partial charge on any atom is 0.186 e. The number of hydrogen-bond acceptors (Lipinski definition) is 6. The summed E-state index contributed by atoms with van der Waals surface area (Å²) >= 11 is 1.77. The van der Waals surface area contributed by atoms with Crippen molar-refractivity contribution < 1.29 is 9.47 Å². The monoisotopic (exact) mass is 298 g/mol. The molecule has 1 saturated carbocycles. The number of thioether (sulfide) groups is 1. The van der Waals surface area contributed by atoms with Crippen LogP contribution in [0.4, 0.5) is 0 Å². The van der Waals surface area contributed by atoms with Gasteiger partial charge in [-0.05, 0) is 13.0 Å². The Morgan fingerprint density at radius 3 is 2.95 bits per heavy atom. The van der Waals surface area contributed by atoms with Gasteiger partial charge in [-0.25, -0.2) is 9.67 Å². The molecule has 0 bridgehead atoms. The Morgan fingerprint density at radius 1 is 1.50 bits per heavy atom. The van der Waals surface area contributed by atoms with Gasteiger partial charge in [-0.2, -0.15) is 5.10 Å². The molecular weight excluding hydrogens is 276 g/mol. The van der Waals surface area contributed by atoms with Crippen molar-refractivity contribution in [3.05, 3.63) is 6.33 Å². The van der Waals surface area contributed by atoms with Gasteiger partial charge in [0.05, 0.1) is 13.2 Å². The van der Waals surface area contributed by atoms with Gasteiger partial charge in [0.25, 0.3) is 0 Å². The van der Waals surface area contributed by atoms with Gasteiger partial charge < -0.3 is 14.8 Å². The molecule has 0 amide bonds. The van der Waals surface area contributed by atoms with Crippen LogP contribution >= 0.6 is 11.8 Å². The molecule has 1 N–H and O–H groups in total. The fourth-order valence-electron chi connectivity index (χ4n) is 3.02. The first kappa shape index (κ1) is 14.3. The Bertz CT molecular complexity index is 447. The van der Waals surface area contributed by atoms with E-state index in [0.29, 0.717) is 24.5 Å². The van der Waals surface area contributed by atoms with Gasteiger partial charge in [0.15, 0.2) is 10.9 Å². The second-order valence-corrected chi connectivity index (χ2v) is 6.54. The third-order valence-electron chi connectivity index (χ3n) is 4.00. The minimum atomic E-state index is -0.359. The molecule has 2 atom stereocenters. The molecule has 1 saturated heterocycles. The van der Waals surface area contributed by atoms with Crippen LogP contribution in [0.25, 0.3) is 0 Å². The standard InChI is InChI=1S/C13H22N4O2S/c1-3-14-10-4-5-13(18-6-7-19-13)8-11(10)20-12-15-9-16-17(12)2/h9-11,14H,3-8H2,1-2H3. The maximum absolute atomic E-state index is 5.88. The van der Waals surface area contributed by atoms with Crippen molar-refractivity contribution in [1.29, 1.82) is 0 Å². The number of nitrogens with one attached hydrogen (secondary N) is 1. The lowest BCUT2D eigenvalue weighted by Crippen LogP contribution is -2.49. The Morgan fingerprint density at radius 2 is 2.30 bits per heavy atom. The fraction of sp³-hybridized carbons (Fsp3) is 0.846. The molecule has 1 aliphatic heterocycles. The number of aryl methyl sites for hydroxylation is 1. The predicted molar refractivity (Wildman–Crippen MR) is 76.6 cm³/mol. The van der Waals surface area contributed by atoms with Gasteiger partial charge >= 0.3 is 0 Å². The Labute approximate surface area is 123 Å². The van der Waals surface area contributed by atoms with Crippen LogP contribution in [0.3, 0.4) is 0 Å². The Kier molecular flexibility index (Phi) is 4.30. The van der Waals surface area contributed by atoms with Crippen molar-refractivity contribution in [3.8, 4) is 0 Å². The summed E-state index contributed by atoms with van der Waals surface area (Å²) in [6.45, 7) is 4.56. The van der Waals surface area contributed by atoms with E-state index in [4.69, 9.17) is 9.47 Å². The molecule has 3 rings (SSSR count). The summed E-state index contributed by atoms with van der Waals surface area (Å²) in [5, 5.41) is 9.07. The summed E-state index contributed by atoms with van der Waals surface area (Å²) in [4.78, 5) is 4.32. The van der Waals surface area contributed by atoms with Crippen molar-refractivity contribution in [3.63, 3.8) is 0 Å².